The maximum atomic E-state index is 4.69. The molecule has 1 saturated heterocycles. The van der Waals surface area contributed by atoms with Crippen LogP contribution in [0.4, 0.5) is 11.6 Å². The van der Waals surface area contributed by atoms with Crippen molar-refractivity contribution in [3.05, 3.63) is 11.9 Å². The van der Waals surface area contributed by atoms with Crippen LogP contribution in [0.1, 0.15) is 46.4 Å². The molecular weight excluding hydrogens is 248 g/mol. The van der Waals surface area contributed by atoms with Gasteiger partial charge >= 0.3 is 0 Å². The molecule has 0 spiro atoms. The Morgan fingerprint density at radius 3 is 2.40 bits per heavy atom. The molecule has 0 aromatic carbocycles. The monoisotopic (exact) mass is 276 g/mol. The van der Waals surface area contributed by atoms with Crippen molar-refractivity contribution in [3.63, 3.8) is 0 Å². The van der Waals surface area contributed by atoms with Crippen LogP contribution in [0.5, 0.6) is 0 Å². The summed E-state index contributed by atoms with van der Waals surface area (Å²) in [5, 5.41) is 3.14. The molecule has 0 bridgehead atoms. The van der Waals surface area contributed by atoms with E-state index in [-0.39, 0.29) is 0 Å². The van der Waals surface area contributed by atoms with Crippen molar-refractivity contribution in [2.45, 2.75) is 47.0 Å². The van der Waals surface area contributed by atoms with Gasteiger partial charge in [-0.25, -0.2) is 9.97 Å². The summed E-state index contributed by atoms with van der Waals surface area (Å²) in [6, 6.07) is 2.07. The first-order valence-corrected chi connectivity index (χ1v) is 7.74. The standard InChI is InChI=1S/C16H28N4/c1-6-13-18-14(17-5)11-15(19-13)20-9-7-12(8-10-20)16(2,3)4/h11-12H,6-10H2,1-5H3,(H,17,18,19). The summed E-state index contributed by atoms with van der Waals surface area (Å²) in [5.41, 5.74) is 0.419. The summed E-state index contributed by atoms with van der Waals surface area (Å²) in [6.45, 7) is 11.4. The van der Waals surface area contributed by atoms with Crippen LogP contribution in [-0.2, 0) is 6.42 Å². The van der Waals surface area contributed by atoms with Gasteiger partial charge in [0.2, 0.25) is 0 Å². The highest BCUT2D eigenvalue weighted by Crippen LogP contribution is 2.35. The summed E-state index contributed by atoms with van der Waals surface area (Å²) >= 11 is 0. The summed E-state index contributed by atoms with van der Waals surface area (Å²) in [6.07, 6.45) is 3.38. The van der Waals surface area contributed by atoms with E-state index in [1.165, 1.54) is 12.8 Å². The average Bonchev–Trinajstić information content (AvgIpc) is 2.46. The first-order valence-electron chi connectivity index (χ1n) is 7.74. The molecule has 2 heterocycles. The molecule has 0 saturated carbocycles. The van der Waals surface area contributed by atoms with E-state index in [1.807, 2.05) is 7.05 Å². The smallest absolute Gasteiger partial charge is 0.134 e. The second kappa shape index (κ2) is 5.98. The van der Waals surface area contributed by atoms with E-state index >= 15 is 0 Å². The van der Waals surface area contributed by atoms with Gasteiger partial charge in [0, 0.05) is 32.6 Å². The molecule has 0 radical (unpaired) electrons. The van der Waals surface area contributed by atoms with Crippen LogP contribution in [0.3, 0.4) is 0 Å². The molecule has 1 aromatic rings. The third-order valence-corrected chi connectivity index (χ3v) is 4.37. The van der Waals surface area contributed by atoms with Crippen LogP contribution >= 0.6 is 0 Å². The van der Waals surface area contributed by atoms with E-state index in [4.69, 9.17) is 0 Å². The van der Waals surface area contributed by atoms with Crippen molar-refractivity contribution in [3.8, 4) is 0 Å². The predicted octanol–water partition coefficient (Wildman–Crippen LogP) is 3.34. The van der Waals surface area contributed by atoms with E-state index in [2.05, 4.69) is 53.9 Å². The second-order valence-corrected chi connectivity index (χ2v) is 6.76. The van der Waals surface area contributed by atoms with Gasteiger partial charge < -0.3 is 10.2 Å². The molecule has 0 amide bonds. The van der Waals surface area contributed by atoms with Gasteiger partial charge in [0.15, 0.2) is 0 Å². The molecule has 2 rings (SSSR count). The van der Waals surface area contributed by atoms with Crippen LogP contribution in [0, 0.1) is 11.3 Å². The van der Waals surface area contributed by atoms with E-state index in [9.17, 15) is 0 Å². The van der Waals surface area contributed by atoms with Gasteiger partial charge in [-0.05, 0) is 24.2 Å². The van der Waals surface area contributed by atoms with Crippen molar-refractivity contribution < 1.29 is 0 Å². The van der Waals surface area contributed by atoms with E-state index in [0.717, 1.165) is 42.9 Å². The molecule has 4 nitrogen and oxygen atoms in total. The number of nitrogens with zero attached hydrogens (tertiary/aromatic N) is 3. The zero-order chi connectivity index (χ0) is 14.8. The minimum Gasteiger partial charge on any atom is -0.373 e. The fourth-order valence-corrected chi connectivity index (χ4v) is 2.91. The maximum Gasteiger partial charge on any atom is 0.134 e. The molecule has 0 unspecified atom stereocenters. The lowest BCUT2D eigenvalue weighted by atomic mass is 9.75. The fourth-order valence-electron chi connectivity index (χ4n) is 2.91. The minimum absolute atomic E-state index is 0.419. The van der Waals surface area contributed by atoms with Crippen LogP contribution in [0.25, 0.3) is 0 Å². The molecule has 4 heteroatoms. The predicted molar refractivity (Wildman–Crippen MR) is 85.3 cm³/mol. The summed E-state index contributed by atoms with van der Waals surface area (Å²) < 4.78 is 0. The number of nitrogens with one attached hydrogen (secondary N) is 1. The van der Waals surface area contributed by atoms with E-state index < -0.39 is 0 Å². The summed E-state index contributed by atoms with van der Waals surface area (Å²) in [4.78, 5) is 11.6. The average molecular weight is 276 g/mol. The van der Waals surface area contributed by atoms with Crippen molar-refractivity contribution in [2.24, 2.45) is 11.3 Å². The van der Waals surface area contributed by atoms with Gasteiger partial charge in [-0.1, -0.05) is 27.7 Å². The van der Waals surface area contributed by atoms with Crippen LogP contribution in [0.15, 0.2) is 6.07 Å². The van der Waals surface area contributed by atoms with Gasteiger partial charge in [-0.2, -0.15) is 0 Å². The summed E-state index contributed by atoms with van der Waals surface area (Å²) in [5.74, 6) is 3.73. The second-order valence-electron chi connectivity index (χ2n) is 6.76. The van der Waals surface area contributed by atoms with Gasteiger partial charge in [-0.15, -0.1) is 0 Å². The third kappa shape index (κ3) is 3.41. The van der Waals surface area contributed by atoms with Gasteiger partial charge in [0.1, 0.15) is 17.5 Å². The maximum absolute atomic E-state index is 4.69. The normalized spacial score (nSPS) is 17.4. The lowest BCUT2D eigenvalue weighted by molar-refractivity contribution is 0.198. The highest BCUT2D eigenvalue weighted by atomic mass is 15.2. The number of hydrogen-bond donors (Lipinski definition) is 1. The number of rotatable bonds is 3. The third-order valence-electron chi connectivity index (χ3n) is 4.37. The molecule has 1 aliphatic heterocycles. The first kappa shape index (κ1) is 15.1. The number of aromatic nitrogens is 2. The zero-order valence-electron chi connectivity index (χ0n) is 13.5. The van der Waals surface area contributed by atoms with Crippen molar-refractivity contribution >= 4 is 11.6 Å². The minimum atomic E-state index is 0.419. The number of hydrogen-bond acceptors (Lipinski definition) is 4. The first-order chi connectivity index (χ1) is 9.44. The molecule has 1 aromatic heterocycles. The molecule has 1 N–H and O–H groups in total. The zero-order valence-corrected chi connectivity index (χ0v) is 13.5. The quantitative estimate of drug-likeness (QED) is 0.919. The molecular formula is C16H28N4. The SMILES string of the molecule is CCc1nc(NC)cc(N2CCC(C(C)(C)C)CC2)n1. The molecule has 112 valence electrons. The highest BCUT2D eigenvalue weighted by Gasteiger charge is 2.29. The lowest BCUT2D eigenvalue weighted by Gasteiger charge is -2.39. The summed E-state index contributed by atoms with van der Waals surface area (Å²) in [7, 11) is 1.91. The number of piperidine rings is 1. The molecule has 1 aliphatic rings. The van der Waals surface area contributed by atoms with Crippen molar-refractivity contribution in [1.82, 2.24) is 9.97 Å². The Balaban J connectivity index is 2.10. The Kier molecular flexibility index (Phi) is 4.51. The van der Waals surface area contributed by atoms with Crippen LogP contribution in [-0.4, -0.2) is 30.1 Å². The van der Waals surface area contributed by atoms with Crippen molar-refractivity contribution in [1.29, 1.82) is 0 Å². The lowest BCUT2D eigenvalue weighted by Crippen LogP contribution is -2.38. The number of aryl methyl sites for hydroxylation is 1. The molecule has 20 heavy (non-hydrogen) atoms. The fraction of sp³-hybridized carbons (Fsp3) is 0.750. The Bertz CT molecular complexity index is 420. The topological polar surface area (TPSA) is 41.1 Å². The molecule has 0 atom stereocenters. The Hall–Kier alpha value is -1.32. The van der Waals surface area contributed by atoms with Gasteiger partial charge in [0.05, 0.1) is 0 Å². The molecule has 0 aliphatic carbocycles. The highest BCUT2D eigenvalue weighted by molar-refractivity contribution is 5.49. The Morgan fingerprint density at radius 2 is 1.90 bits per heavy atom. The van der Waals surface area contributed by atoms with Crippen LogP contribution in [0.2, 0.25) is 0 Å². The van der Waals surface area contributed by atoms with Crippen molar-refractivity contribution in [2.75, 3.05) is 30.4 Å². The Morgan fingerprint density at radius 1 is 1.25 bits per heavy atom. The van der Waals surface area contributed by atoms with Crippen LogP contribution < -0.4 is 10.2 Å². The largest absolute Gasteiger partial charge is 0.373 e. The van der Waals surface area contributed by atoms with Gasteiger partial charge in [-0.3, -0.25) is 0 Å². The Labute approximate surface area is 123 Å². The number of anilines is 2. The van der Waals surface area contributed by atoms with E-state index in [0.29, 0.717) is 5.41 Å². The van der Waals surface area contributed by atoms with Gasteiger partial charge in [0.25, 0.3) is 0 Å². The molecule has 1 fully saturated rings. The van der Waals surface area contributed by atoms with E-state index in [1.54, 1.807) is 0 Å².